The maximum absolute atomic E-state index is 10.1. The number of carbonyl (C=O) groups excluding carboxylic acids is 1. The highest BCUT2D eigenvalue weighted by molar-refractivity contribution is 5.49. The smallest absolute Gasteiger partial charge is 0.120 e. The monoisotopic (exact) mass is 167 g/mol. The van der Waals surface area contributed by atoms with Gasteiger partial charge in [0.15, 0.2) is 0 Å². The van der Waals surface area contributed by atoms with E-state index in [1.54, 1.807) is 0 Å². The molecule has 1 atom stereocenters. The highest BCUT2D eigenvalue weighted by Gasteiger charge is 2.19. The van der Waals surface area contributed by atoms with Crippen LogP contribution in [0.1, 0.15) is 39.5 Å². The Bertz CT molecular complexity index is 179. The lowest BCUT2D eigenvalue weighted by Crippen LogP contribution is -2.03. The summed E-state index contributed by atoms with van der Waals surface area (Å²) in [6.45, 7) is 4.56. The van der Waals surface area contributed by atoms with Crippen molar-refractivity contribution in [3.05, 3.63) is 11.6 Å². The molecule has 1 nitrogen and oxygen atoms in total. The van der Waals surface area contributed by atoms with E-state index in [1.165, 1.54) is 18.4 Å². The molecule has 0 saturated heterocycles. The SMILES string of the molecule is CC(C)C1CC=C(CC[13CH]=O)C1. The summed E-state index contributed by atoms with van der Waals surface area (Å²) < 4.78 is 0. The number of rotatable bonds is 4. The predicted octanol–water partition coefficient (Wildman–Crippen LogP) is 2.96. The van der Waals surface area contributed by atoms with Crippen molar-refractivity contribution in [2.75, 3.05) is 0 Å². The van der Waals surface area contributed by atoms with E-state index in [0.29, 0.717) is 6.42 Å². The van der Waals surface area contributed by atoms with Gasteiger partial charge in [-0.2, -0.15) is 0 Å². The lowest BCUT2D eigenvalue weighted by atomic mass is 9.92. The number of hydrogen-bond acceptors (Lipinski definition) is 1. The molecule has 0 aromatic heterocycles. The van der Waals surface area contributed by atoms with E-state index < -0.39 is 0 Å². The molecule has 68 valence electrons. The minimum Gasteiger partial charge on any atom is -0.303 e. The summed E-state index contributed by atoms with van der Waals surface area (Å²) in [5.41, 5.74) is 1.50. The van der Waals surface area contributed by atoms with Gasteiger partial charge in [-0.15, -0.1) is 0 Å². The van der Waals surface area contributed by atoms with Crippen molar-refractivity contribution < 1.29 is 4.79 Å². The molecule has 1 heteroatoms. The molecule has 0 radical (unpaired) electrons. The van der Waals surface area contributed by atoms with Crippen molar-refractivity contribution in [3.8, 4) is 0 Å². The summed E-state index contributed by atoms with van der Waals surface area (Å²) in [6.07, 6.45) is 7.50. The molecule has 0 aromatic rings. The van der Waals surface area contributed by atoms with Gasteiger partial charge in [0.25, 0.3) is 0 Å². The van der Waals surface area contributed by atoms with E-state index in [1.807, 2.05) is 0 Å². The quantitative estimate of drug-likeness (QED) is 0.357. The van der Waals surface area contributed by atoms with Crippen LogP contribution in [-0.4, -0.2) is 6.29 Å². The van der Waals surface area contributed by atoms with Crippen LogP contribution in [0.5, 0.6) is 0 Å². The van der Waals surface area contributed by atoms with Crippen molar-refractivity contribution in [2.24, 2.45) is 11.8 Å². The summed E-state index contributed by atoms with van der Waals surface area (Å²) in [7, 11) is 0. The van der Waals surface area contributed by atoms with E-state index in [0.717, 1.165) is 24.5 Å². The molecule has 0 aliphatic heterocycles. The Morgan fingerprint density at radius 2 is 2.42 bits per heavy atom. The maximum Gasteiger partial charge on any atom is 0.120 e. The Morgan fingerprint density at radius 1 is 1.67 bits per heavy atom. The average molecular weight is 167 g/mol. The molecule has 1 aliphatic rings. The minimum absolute atomic E-state index is 0.705. The third-order valence-corrected chi connectivity index (χ3v) is 2.76. The zero-order valence-corrected chi connectivity index (χ0v) is 8.05. The molecular weight excluding hydrogens is 149 g/mol. The van der Waals surface area contributed by atoms with Gasteiger partial charge in [0.05, 0.1) is 0 Å². The van der Waals surface area contributed by atoms with Crippen molar-refractivity contribution in [1.29, 1.82) is 0 Å². The molecule has 1 aliphatic carbocycles. The minimum atomic E-state index is 0.705. The van der Waals surface area contributed by atoms with Gasteiger partial charge in [0, 0.05) is 6.42 Å². The average Bonchev–Trinajstić information content (AvgIpc) is 2.48. The van der Waals surface area contributed by atoms with Crippen LogP contribution in [0.25, 0.3) is 0 Å². The maximum atomic E-state index is 10.1. The van der Waals surface area contributed by atoms with E-state index in [2.05, 4.69) is 19.9 Å². The first-order valence-corrected chi connectivity index (χ1v) is 4.85. The number of carbonyl (C=O) groups is 1. The lowest BCUT2D eigenvalue weighted by Gasteiger charge is -2.13. The van der Waals surface area contributed by atoms with E-state index in [-0.39, 0.29) is 0 Å². The summed E-state index contributed by atoms with van der Waals surface area (Å²) >= 11 is 0. The van der Waals surface area contributed by atoms with Gasteiger partial charge < -0.3 is 4.79 Å². The van der Waals surface area contributed by atoms with Crippen molar-refractivity contribution in [2.45, 2.75) is 39.5 Å². The molecule has 1 rings (SSSR count). The summed E-state index contributed by atoms with van der Waals surface area (Å²) in [4.78, 5) is 10.1. The molecule has 12 heavy (non-hydrogen) atoms. The third kappa shape index (κ3) is 2.47. The fourth-order valence-electron chi connectivity index (χ4n) is 1.78. The van der Waals surface area contributed by atoms with E-state index in [4.69, 9.17) is 0 Å². The molecule has 0 amide bonds. The highest BCUT2D eigenvalue weighted by atomic mass is 16.2. The van der Waals surface area contributed by atoms with E-state index >= 15 is 0 Å². The van der Waals surface area contributed by atoms with Gasteiger partial charge in [-0.25, -0.2) is 0 Å². The van der Waals surface area contributed by atoms with Crippen LogP contribution in [0.2, 0.25) is 0 Å². The summed E-state index contributed by atoms with van der Waals surface area (Å²) in [6, 6.07) is 0. The van der Waals surface area contributed by atoms with Crippen LogP contribution in [0, 0.1) is 11.8 Å². The Morgan fingerprint density at radius 3 is 2.92 bits per heavy atom. The molecule has 0 fully saturated rings. The van der Waals surface area contributed by atoms with Crippen LogP contribution < -0.4 is 0 Å². The first kappa shape index (κ1) is 9.50. The number of allylic oxidation sites excluding steroid dienone is 2. The predicted molar refractivity (Wildman–Crippen MR) is 50.9 cm³/mol. The fraction of sp³-hybridized carbons (Fsp3) is 0.727. The second kappa shape index (κ2) is 4.44. The van der Waals surface area contributed by atoms with Crippen molar-refractivity contribution in [3.63, 3.8) is 0 Å². The number of aldehydes is 1. The van der Waals surface area contributed by atoms with Crippen molar-refractivity contribution in [1.82, 2.24) is 0 Å². The van der Waals surface area contributed by atoms with Crippen LogP contribution in [-0.2, 0) is 4.79 Å². The fourth-order valence-corrected chi connectivity index (χ4v) is 1.78. The molecule has 0 bridgehead atoms. The van der Waals surface area contributed by atoms with Crippen LogP contribution in [0.4, 0.5) is 0 Å². The van der Waals surface area contributed by atoms with Gasteiger partial charge >= 0.3 is 0 Å². The first-order chi connectivity index (χ1) is 5.74. The summed E-state index contributed by atoms with van der Waals surface area (Å²) in [5.74, 6) is 1.63. The molecule has 0 saturated carbocycles. The topological polar surface area (TPSA) is 17.1 Å². The Balaban J connectivity index is 2.28. The molecular formula is C11H18O. The standard InChI is InChI=1S/C11H18O/c1-9(2)11-6-5-10(8-11)4-3-7-12/h5,7,9,11H,3-4,6,8H2,1-2H3/i7+1. The molecule has 0 spiro atoms. The van der Waals surface area contributed by atoms with Gasteiger partial charge in [-0.05, 0) is 31.1 Å². The molecule has 0 aromatic carbocycles. The first-order valence-electron chi connectivity index (χ1n) is 4.85. The summed E-state index contributed by atoms with van der Waals surface area (Å²) in [5, 5.41) is 0. The van der Waals surface area contributed by atoms with Crippen LogP contribution >= 0.6 is 0 Å². The van der Waals surface area contributed by atoms with Gasteiger partial charge in [-0.3, -0.25) is 0 Å². The van der Waals surface area contributed by atoms with Crippen LogP contribution in [0.3, 0.4) is 0 Å². The molecule has 0 N–H and O–H groups in total. The van der Waals surface area contributed by atoms with E-state index in [9.17, 15) is 4.79 Å². The zero-order chi connectivity index (χ0) is 8.97. The Labute approximate surface area is 74.9 Å². The highest BCUT2D eigenvalue weighted by Crippen LogP contribution is 2.32. The number of hydrogen-bond donors (Lipinski definition) is 0. The second-order valence-corrected chi connectivity index (χ2v) is 4.01. The van der Waals surface area contributed by atoms with Crippen LogP contribution in [0.15, 0.2) is 11.6 Å². The second-order valence-electron chi connectivity index (χ2n) is 4.01. The lowest BCUT2D eigenvalue weighted by molar-refractivity contribution is -0.107. The van der Waals surface area contributed by atoms with Gasteiger partial charge in [0.2, 0.25) is 0 Å². The van der Waals surface area contributed by atoms with Crippen molar-refractivity contribution >= 4 is 6.29 Å². The largest absolute Gasteiger partial charge is 0.303 e. The van der Waals surface area contributed by atoms with Gasteiger partial charge in [0.1, 0.15) is 6.29 Å². The third-order valence-electron chi connectivity index (χ3n) is 2.76. The Kier molecular flexibility index (Phi) is 3.51. The normalized spacial score (nSPS) is 22.9. The molecule has 0 heterocycles. The Hall–Kier alpha value is -0.590. The zero-order valence-electron chi connectivity index (χ0n) is 8.05. The molecule has 1 unspecified atom stereocenters. The van der Waals surface area contributed by atoms with Gasteiger partial charge in [-0.1, -0.05) is 25.5 Å².